The standard InChI is InChI=1S/C7H5Cl2.Al.4ClH/c8-7(9)6-4-2-1-3-5-6;;;;;/h1-5H;;4*1H/q+1;+3;;;;/p-4. The first-order valence-electron chi connectivity index (χ1n) is 3.41. The Balaban J connectivity index is 0.000000292. The third kappa shape index (κ3) is 11.4. The van der Waals surface area contributed by atoms with Crippen LogP contribution >= 0.6 is 63.4 Å². The van der Waals surface area contributed by atoms with Gasteiger partial charge in [0.05, 0.1) is 0 Å². The van der Waals surface area contributed by atoms with Crippen LogP contribution in [0, 0.1) is 4.84 Å². The normalized spacial score (nSPS) is 10.1. The quantitative estimate of drug-likeness (QED) is 0.479. The second-order valence-corrected chi connectivity index (χ2v) is 15.9. The topological polar surface area (TPSA) is 0 Å². The molecule has 1 aromatic carbocycles. The molecule has 0 saturated heterocycles. The van der Waals surface area contributed by atoms with Crippen LogP contribution in [0.25, 0.3) is 0 Å². The largest absolute Gasteiger partial charge is 0.564 e. The fourth-order valence-electron chi connectivity index (χ4n) is 0.564. The molecule has 0 heterocycles. The number of hydrogen-bond donors (Lipinski definition) is 0. The molecule has 78 valence electrons. The number of halogens is 6. The summed E-state index contributed by atoms with van der Waals surface area (Å²) in [6.45, 7) is 0. The Kier molecular flexibility index (Phi) is 8.35. The van der Waals surface area contributed by atoms with Gasteiger partial charge >= 0.3 is 9.39 Å². The molecule has 0 aliphatic rings. The van der Waals surface area contributed by atoms with Crippen LogP contribution in [0.4, 0.5) is 0 Å². The molecule has 0 spiro atoms. The highest BCUT2D eigenvalue weighted by Gasteiger charge is 2.14. The molecular weight excluding hydrogens is 324 g/mol. The van der Waals surface area contributed by atoms with Crippen molar-refractivity contribution in [1.29, 1.82) is 0 Å². The van der Waals surface area contributed by atoms with Crippen molar-refractivity contribution in [2.24, 2.45) is 0 Å². The number of rotatable bonds is 1. The van der Waals surface area contributed by atoms with Gasteiger partial charge in [-0.2, -0.15) is 0 Å². The maximum absolute atomic E-state index is 5.49. The molecular formula is C7H5AlCl6. The molecule has 14 heavy (non-hydrogen) atoms. The Morgan fingerprint density at radius 2 is 1.21 bits per heavy atom. The lowest BCUT2D eigenvalue weighted by atomic mass is 10.2. The monoisotopic (exact) mass is 326 g/mol. The first-order chi connectivity index (χ1) is 6.30. The van der Waals surface area contributed by atoms with Gasteiger partial charge in [0.25, 0.3) is 0 Å². The molecule has 0 nitrogen and oxygen atoms in total. The fourth-order valence-corrected chi connectivity index (χ4v) is 0.816. The molecule has 1 rings (SSSR count). The van der Waals surface area contributed by atoms with Gasteiger partial charge in [0, 0.05) is 35.3 Å². The second kappa shape index (κ2) is 7.61. The lowest BCUT2D eigenvalue weighted by Crippen LogP contribution is -1.91. The molecule has 7 heteroatoms. The van der Waals surface area contributed by atoms with Crippen molar-refractivity contribution in [3.63, 3.8) is 0 Å². The smallest absolute Gasteiger partial charge is 0.391 e. The number of hydrogen-bond acceptors (Lipinski definition) is 0. The minimum absolute atomic E-state index is 0.315. The van der Waals surface area contributed by atoms with E-state index in [0.717, 1.165) is 5.56 Å². The molecule has 0 aromatic heterocycles. The van der Waals surface area contributed by atoms with E-state index in [-0.39, 0.29) is 0 Å². The van der Waals surface area contributed by atoms with E-state index in [0.29, 0.717) is 4.84 Å². The summed E-state index contributed by atoms with van der Waals surface area (Å²) >= 11 is 11.0. The molecule has 0 fully saturated rings. The van der Waals surface area contributed by atoms with Crippen LogP contribution in [-0.2, 0) is 0 Å². The van der Waals surface area contributed by atoms with Crippen molar-refractivity contribution in [2.45, 2.75) is 0 Å². The van der Waals surface area contributed by atoms with Crippen molar-refractivity contribution >= 4 is 72.8 Å². The summed E-state index contributed by atoms with van der Waals surface area (Å²) in [4.78, 5) is 0.315. The van der Waals surface area contributed by atoms with Crippen LogP contribution < -0.4 is 0 Å². The van der Waals surface area contributed by atoms with Crippen LogP contribution in [0.2, 0.25) is 0 Å². The van der Waals surface area contributed by atoms with Gasteiger partial charge in [0.15, 0.2) is 5.56 Å². The van der Waals surface area contributed by atoms with Crippen molar-refractivity contribution < 1.29 is 0 Å². The van der Waals surface area contributed by atoms with Gasteiger partial charge in [-0.3, -0.25) is 0 Å². The van der Waals surface area contributed by atoms with Crippen molar-refractivity contribution in [3.05, 3.63) is 40.7 Å². The highest BCUT2D eigenvalue weighted by Crippen LogP contribution is 2.23. The van der Waals surface area contributed by atoms with Gasteiger partial charge in [-0.15, -0.1) is 0 Å². The van der Waals surface area contributed by atoms with E-state index in [9.17, 15) is 0 Å². The zero-order valence-corrected chi connectivity index (χ0v) is 12.4. The van der Waals surface area contributed by atoms with E-state index >= 15 is 0 Å². The summed E-state index contributed by atoms with van der Waals surface area (Å²) in [5.74, 6) is 0. The molecule has 0 N–H and O–H groups in total. The molecule has 0 bridgehead atoms. The van der Waals surface area contributed by atoms with E-state index in [1.807, 2.05) is 30.3 Å². The lowest BCUT2D eigenvalue weighted by molar-refractivity contribution is 1.55. The van der Waals surface area contributed by atoms with E-state index < -0.39 is 9.39 Å². The molecule has 0 aliphatic heterocycles. The Morgan fingerprint density at radius 1 is 0.857 bits per heavy atom. The van der Waals surface area contributed by atoms with Crippen LogP contribution in [0.5, 0.6) is 0 Å². The van der Waals surface area contributed by atoms with Gasteiger partial charge in [-0.05, 0) is 18.2 Å². The predicted molar refractivity (Wildman–Crippen MR) is 69.7 cm³/mol. The van der Waals surface area contributed by atoms with Crippen LogP contribution in [0.3, 0.4) is 0 Å². The Bertz CT molecular complexity index is 238. The maximum atomic E-state index is 5.49. The third-order valence-corrected chi connectivity index (χ3v) is 1.43. The minimum atomic E-state index is -2.94. The zero-order valence-electron chi connectivity index (χ0n) is 6.73. The summed E-state index contributed by atoms with van der Waals surface area (Å²) in [6.07, 6.45) is 0. The molecule has 0 unspecified atom stereocenters. The van der Waals surface area contributed by atoms with Gasteiger partial charge < -0.3 is 40.2 Å². The summed E-state index contributed by atoms with van der Waals surface area (Å²) in [5, 5.41) is 0. The summed E-state index contributed by atoms with van der Waals surface area (Å²) in [5.41, 5.74) is 0.862. The third-order valence-electron chi connectivity index (χ3n) is 0.992. The van der Waals surface area contributed by atoms with E-state index in [1.165, 1.54) is 0 Å². The molecule has 0 aliphatic carbocycles. The summed E-state index contributed by atoms with van der Waals surface area (Å²) in [7, 11) is 17.0. The van der Waals surface area contributed by atoms with Gasteiger partial charge in [-0.1, -0.05) is 0 Å². The molecule has 0 saturated carbocycles. The summed E-state index contributed by atoms with van der Waals surface area (Å²) < 4.78 is 0. The van der Waals surface area contributed by atoms with Gasteiger partial charge in [0.1, 0.15) is 0 Å². The average molecular weight is 329 g/mol. The summed E-state index contributed by atoms with van der Waals surface area (Å²) in [6, 6.07) is 9.41. The Labute approximate surface area is 112 Å². The molecule has 0 amide bonds. The molecule has 0 radical (unpaired) electrons. The average Bonchev–Trinajstić information content (AvgIpc) is 2.03. The maximum Gasteiger partial charge on any atom is 0.564 e. The molecule has 1 aromatic rings. The van der Waals surface area contributed by atoms with Crippen LogP contribution in [0.1, 0.15) is 5.56 Å². The Morgan fingerprint density at radius 3 is 1.43 bits per heavy atom. The SMILES string of the molecule is Cl[C+](Cl)c1ccccc1.[Cl][Al-]([Cl])([Cl])[Cl]. The van der Waals surface area contributed by atoms with Crippen molar-refractivity contribution in [1.82, 2.24) is 0 Å². The van der Waals surface area contributed by atoms with Gasteiger partial charge in [-0.25, -0.2) is 0 Å². The van der Waals surface area contributed by atoms with Crippen LogP contribution in [0.15, 0.2) is 30.3 Å². The minimum Gasteiger partial charge on any atom is -0.391 e. The van der Waals surface area contributed by atoms with Crippen molar-refractivity contribution in [3.8, 4) is 0 Å². The Hall–Kier alpha value is 1.36. The van der Waals surface area contributed by atoms with E-state index in [2.05, 4.69) is 0 Å². The fraction of sp³-hybridized carbons (Fsp3) is 0. The first-order valence-corrected chi connectivity index (χ1v) is 11.2. The first kappa shape index (κ1) is 15.4. The van der Waals surface area contributed by atoms with Crippen molar-refractivity contribution in [2.75, 3.05) is 0 Å². The number of benzene rings is 1. The lowest BCUT2D eigenvalue weighted by Gasteiger charge is -1.97. The molecule has 0 atom stereocenters. The van der Waals surface area contributed by atoms with Gasteiger partial charge in [0.2, 0.25) is 4.84 Å². The highest BCUT2D eigenvalue weighted by molar-refractivity contribution is 7.81. The highest BCUT2D eigenvalue weighted by atomic mass is 35.9. The second-order valence-electron chi connectivity index (χ2n) is 2.12. The van der Waals surface area contributed by atoms with E-state index in [1.54, 1.807) is 0 Å². The van der Waals surface area contributed by atoms with Crippen LogP contribution in [-0.4, -0.2) is 9.39 Å². The zero-order chi connectivity index (χ0) is 11.2. The predicted octanol–water partition coefficient (Wildman–Crippen LogP) is 5.38. The van der Waals surface area contributed by atoms with E-state index in [4.69, 9.17) is 63.4 Å².